The highest BCUT2D eigenvalue weighted by Gasteiger charge is 2.32. The summed E-state index contributed by atoms with van der Waals surface area (Å²) in [6.45, 7) is 2.13. The summed E-state index contributed by atoms with van der Waals surface area (Å²) in [6.07, 6.45) is -2.49. The third-order valence-electron chi connectivity index (χ3n) is 2.31. The molecule has 0 aliphatic heterocycles. The van der Waals surface area contributed by atoms with E-state index in [0.29, 0.717) is 0 Å². The second-order valence-electron chi connectivity index (χ2n) is 3.75. The third kappa shape index (κ3) is 6.15. The molecule has 1 atom stereocenters. The van der Waals surface area contributed by atoms with E-state index in [2.05, 4.69) is 10.1 Å². The van der Waals surface area contributed by atoms with Crippen LogP contribution in [-0.2, 0) is 14.3 Å². The standard InChI is InChI=1S/C10H17F2NO4/c1-3-10(2,9(15)16)13-8(14)4-5-17-6-7(11)12/h7H,3-6H2,1-2H3,(H,13,14)(H,15,16). The lowest BCUT2D eigenvalue weighted by molar-refractivity contribution is -0.147. The van der Waals surface area contributed by atoms with Crippen molar-refractivity contribution in [2.45, 2.75) is 38.7 Å². The largest absolute Gasteiger partial charge is 0.480 e. The Hall–Kier alpha value is -1.24. The van der Waals surface area contributed by atoms with Crippen molar-refractivity contribution in [3.8, 4) is 0 Å². The Labute approximate surface area is 98.1 Å². The van der Waals surface area contributed by atoms with Crippen molar-refractivity contribution in [2.24, 2.45) is 0 Å². The zero-order valence-corrected chi connectivity index (χ0v) is 9.83. The molecular weight excluding hydrogens is 236 g/mol. The minimum absolute atomic E-state index is 0.143. The Balaban J connectivity index is 3.96. The van der Waals surface area contributed by atoms with Crippen LogP contribution in [0, 0.1) is 0 Å². The van der Waals surface area contributed by atoms with Crippen LogP contribution in [0.15, 0.2) is 0 Å². The van der Waals surface area contributed by atoms with Gasteiger partial charge in [0, 0.05) is 6.42 Å². The van der Waals surface area contributed by atoms with Crippen molar-refractivity contribution in [1.29, 1.82) is 0 Å². The minimum Gasteiger partial charge on any atom is -0.480 e. The molecule has 0 radical (unpaired) electrons. The predicted octanol–water partition coefficient (Wildman–Crippen LogP) is 1.03. The van der Waals surface area contributed by atoms with Gasteiger partial charge in [0.2, 0.25) is 5.91 Å². The first-order valence-corrected chi connectivity index (χ1v) is 5.22. The number of aliphatic carboxylic acids is 1. The van der Waals surface area contributed by atoms with Gasteiger partial charge in [0.1, 0.15) is 12.1 Å². The number of carboxylic acids is 1. The molecule has 0 aromatic rings. The van der Waals surface area contributed by atoms with Crippen molar-refractivity contribution >= 4 is 11.9 Å². The van der Waals surface area contributed by atoms with Gasteiger partial charge in [-0.2, -0.15) is 0 Å². The summed E-state index contributed by atoms with van der Waals surface area (Å²) in [5, 5.41) is 11.2. The Kier molecular flexibility index (Phi) is 6.64. The Morgan fingerprint density at radius 3 is 2.47 bits per heavy atom. The number of amides is 1. The molecule has 0 saturated heterocycles. The van der Waals surface area contributed by atoms with Crippen LogP contribution in [0.5, 0.6) is 0 Å². The second kappa shape index (κ2) is 7.16. The Morgan fingerprint density at radius 2 is 2.06 bits per heavy atom. The molecule has 0 aromatic carbocycles. The van der Waals surface area contributed by atoms with Gasteiger partial charge < -0.3 is 15.2 Å². The van der Waals surface area contributed by atoms with Crippen molar-refractivity contribution in [2.75, 3.05) is 13.2 Å². The third-order valence-corrected chi connectivity index (χ3v) is 2.31. The normalized spacial score (nSPS) is 14.4. The van der Waals surface area contributed by atoms with Crippen molar-refractivity contribution in [1.82, 2.24) is 5.32 Å². The van der Waals surface area contributed by atoms with E-state index in [1.165, 1.54) is 6.92 Å². The van der Waals surface area contributed by atoms with Crippen LogP contribution < -0.4 is 5.32 Å². The van der Waals surface area contributed by atoms with Gasteiger partial charge in [0.15, 0.2) is 0 Å². The van der Waals surface area contributed by atoms with Crippen LogP contribution in [0.2, 0.25) is 0 Å². The summed E-state index contributed by atoms with van der Waals surface area (Å²) >= 11 is 0. The fourth-order valence-corrected chi connectivity index (χ4v) is 1.00. The lowest BCUT2D eigenvalue weighted by Crippen LogP contribution is -2.51. The van der Waals surface area contributed by atoms with E-state index < -0.39 is 30.4 Å². The van der Waals surface area contributed by atoms with E-state index in [1.807, 2.05) is 0 Å². The highest BCUT2D eigenvalue weighted by molar-refractivity contribution is 5.86. The number of carbonyl (C=O) groups excluding carboxylic acids is 1. The number of ether oxygens (including phenoxy) is 1. The van der Waals surface area contributed by atoms with Gasteiger partial charge in [-0.25, -0.2) is 13.6 Å². The van der Waals surface area contributed by atoms with Gasteiger partial charge in [-0.05, 0) is 13.3 Å². The van der Waals surface area contributed by atoms with Crippen LogP contribution >= 0.6 is 0 Å². The van der Waals surface area contributed by atoms with Gasteiger partial charge in [-0.15, -0.1) is 0 Å². The SMILES string of the molecule is CCC(C)(NC(=O)CCOCC(F)F)C(=O)O. The summed E-state index contributed by atoms with van der Waals surface area (Å²) in [5.74, 6) is -1.67. The smallest absolute Gasteiger partial charge is 0.329 e. The van der Waals surface area contributed by atoms with Gasteiger partial charge in [-0.3, -0.25) is 4.79 Å². The monoisotopic (exact) mass is 253 g/mol. The first kappa shape index (κ1) is 15.8. The topological polar surface area (TPSA) is 75.6 Å². The number of carbonyl (C=O) groups is 2. The Bertz CT molecular complexity index is 273. The molecule has 0 spiro atoms. The fourth-order valence-electron chi connectivity index (χ4n) is 1.00. The van der Waals surface area contributed by atoms with E-state index >= 15 is 0 Å². The quantitative estimate of drug-likeness (QED) is 0.633. The molecule has 100 valence electrons. The summed E-state index contributed by atoms with van der Waals surface area (Å²) < 4.78 is 27.9. The summed E-state index contributed by atoms with van der Waals surface area (Å²) in [7, 11) is 0. The number of hydrogen-bond acceptors (Lipinski definition) is 3. The zero-order chi connectivity index (χ0) is 13.5. The lowest BCUT2D eigenvalue weighted by Gasteiger charge is -2.24. The van der Waals surface area contributed by atoms with Crippen LogP contribution in [-0.4, -0.2) is 42.2 Å². The maximum Gasteiger partial charge on any atom is 0.329 e. The second-order valence-corrected chi connectivity index (χ2v) is 3.75. The molecule has 2 N–H and O–H groups in total. The van der Waals surface area contributed by atoms with Crippen LogP contribution in [0.3, 0.4) is 0 Å². The molecule has 0 bridgehead atoms. The van der Waals surface area contributed by atoms with Crippen molar-refractivity contribution in [3.05, 3.63) is 0 Å². The van der Waals surface area contributed by atoms with Gasteiger partial charge in [0.05, 0.1) is 6.61 Å². The highest BCUT2D eigenvalue weighted by Crippen LogP contribution is 2.09. The number of rotatable bonds is 8. The van der Waals surface area contributed by atoms with Crippen LogP contribution in [0.4, 0.5) is 8.78 Å². The van der Waals surface area contributed by atoms with Crippen LogP contribution in [0.1, 0.15) is 26.7 Å². The number of nitrogens with one attached hydrogen (secondary N) is 1. The highest BCUT2D eigenvalue weighted by atomic mass is 19.3. The molecule has 7 heteroatoms. The van der Waals surface area contributed by atoms with E-state index in [4.69, 9.17) is 5.11 Å². The van der Waals surface area contributed by atoms with Gasteiger partial charge >= 0.3 is 5.97 Å². The number of halogens is 2. The summed E-state index contributed by atoms with van der Waals surface area (Å²) in [5.41, 5.74) is -1.33. The van der Waals surface area contributed by atoms with E-state index in [1.54, 1.807) is 6.92 Å². The molecule has 17 heavy (non-hydrogen) atoms. The minimum atomic E-state index is -2.57. The average Bonchev–Trinajstić information content (AvgIpc) is 2.23. The van der Waals surface area contributed by atoms with E-state index in [-0.39, 0.29) is 19.4 Å². The molecule has 0 heterocycles. The van der Waals surface area contributed by atoms with E-state index in [9.17, 15) is 18.4 Å². The maximum atomic E-state index is 11.7. The maximum absolute atomic E-state index is 11.7. The lowest BCUT2D eigenvalue weighted by atomic mass is 9.99. The molecule has 0 rings (SSSR count). The first-order chi connectivity index (χ1) is 7.81. The summed E-state index contributed by atoms with van der Waals surface area (Å²) in [6, 6.07) is 0. The molecular formula is C10H17F2NO4. The molecule has 0 fully saturated rings. The molecule has 0 aromatic heterocycles. The number of carboxylic acid groups (broad SMARTS) is 1. The summed E-state index contributed by atoms with van der Waals surface area (Å²) in [4.78, 5) is 22.2. The number of hydrogen-bond donors (Lipinski definition) is 2. The molecule has 1 unspecified atom stereocenters. The van der Waals surface area contributed by atoms with Gasteiger partial charge in [-0.1, -0.05) is 6.92 Å². The van der Waals surface area contributed by atoms with Gasteiger partial charge in [0.25, 0.3) is 6.43 Å². The fraction of sp³-hybridized carbons (Fsp3) is 0.800. The molecule has 5 nitrogen and oxygen atoms in total. The van der Waals surface area contributed by atoms with E-state index in [0.717, 1.165) is 0 Å². The zero-order valence-electron chi connectivity index (χ0n) is 9.83. The number of alkyl halides is 2. The van der Waals surface area contributed by atoms with Crippen molar-refractivity contribution < 1.29 is 28.2 Å². The first-order valence-electron chi connectivity index (χ1n) is 5.22. The molecule has 0 saturated carbocycles. The van der Waals surface area contributed by atoms with Crippen LogP contribution in [0.25, 0.3) is 0 Å². The van der Waals surface area contributed by atoms with Crippen molar-refractivity contribution in [3.63, 3.8) is 0 Å². The molecule has 1 amide bonds. The average molecular weight is 253 g/mol. The molecule has 0 aliphatic rings. The predicted molar refractivity (Wildman–Crippen MR) is 55.9 cm³/mol. The molecule has 0 aliphatic carbocycles. The Morgan fingerprint density at radius 1 is 1.47 bits per heavy atom.